The molecule has 3 aromatic rings. The van der Waals surface area contributed by atoms with Gasteiger partial charge in [0.2, 0.25) is 5.89 Å². The highest BCUT2D eigenvalue weighted by atomic mass is 16.5. The number of hydrogen-bond donors (Lipinski definition) is 1. The number of pyridine rings is 1. The third-order valence-corrected chi connectivity index (χ3v) is 6.18. The fourth-order valence-corrected chi connectivity index (χ4v) is 4.52. The van der Waals surface area contributed by atoms with Gasteiger partial charge in [-0.05, 0) is 62.5 Å². The second-order valence-corrected chi connectivity index (χ2v) is 8.60. The topological polar surface area (TPSA) is 62.6 Å². The molecule has 4 heterocycles. The summed E-state index contributed by atoms with van der Waals surface area (Å²) in [5, 5.41) is 10.5. The van der Waals surface area contributed by atoms with Crippen LogP contribution in [0.4, 0.5) is 0 Å². The van der Waals surface area contributed by atoms with Crippen LogP contribution < -0.4 is 9.30 Å². The smallest absolute Gasteiger partial charge is 0.226 e. The number of piperidine rings is 1. The van der Waals surface area contributed by atoms with Crippen molar-refractivity contribution in [3.63, 3.8) is 0 Å². The Balaban J connectivity index is 1.24. The molecule has 6 nitrogen and oxygen atoms in total. The molecule has 0 bridgehead atoms. The largest absolute Gasteiger partial charge is 0.493 e. The van der Waals surface area contributed by atoms with Gasteiger partial charge in [-0.3, -0.25) is 0 Å². The average molecular weight is 421 g/mol. The number of fused-ring (bicyclic) bond motifs is 1. The lowest BCUT2D eigenvalue weighted by atomic mass is 10.0. The van der Waals surface area contributed by atoms with Crippen LogP contribution >= 0.6 is 0 Å². The summed E-state index contributed by atoms with van der Waals surface area (Å²) >= 11 is 0. The Morgan fingerprint density at radius 3 is 2.71 bits per heavy atom. The van der Waals surface area contributed by atoms with E-state index in [1.165, 1.54) is 24.8 Å². The van der Waals surface area contributed by atoms with Gasteiger partial charge in [-0.2, -0.15) is 0 Å². The Labute approximate surface area is 183 Å². The van der Waals surface area contributed by atoms with Crippen LogP contribution in [0.5, 0.6) is 5.75 Å². The Kier molecular flexibility index (Phi) is 6.00. The number of aryl methyl sites for hydroxylation is 1. The van der Waals surface area contributed by atoms with Gasteiger partial charge in [-0.1, -0.05) is 6.42 Å². The van der Waals surface area contributed by atoms with Crippen LogP contribution in [0.15, 0.2) is 53.3 Å². The number of rotatable bonds is 6. The molecular weight excluding hydrogens is 390 g/mol. The van der Waals surface area contributed by atoms with Crippen LogP contribution in [0.2, 0.25) is 0 Å². The van der Waals surface area contributed by atoms with Crippen molar-refractivity contribution in [3.8, 4) is 28.5 Å². The minimum atomic E-state index is -0.362. The molecule has 1 N–H and O–H groups in total. The van der Waals surface area contributed by atoms with E-state index in [0.29, 0.717) is 12.4 Å². The van der Waals surface area contributed by atoms with E-state index in [9.17, 15) is 5.11 Å². The Bertz CT molecular complexity index is 1010. The number of aliphatic hydroxyl groups excluding tert-OH is 1. The van der Waals surface area contributed by atoms with E-state index < -0.39 is 0 Å². The van der Waals surface area contributed by atoms with Crippen LogP contribution in [-0.2, 0) is 13.0 Å². The Hall–Kier alpha value is -2.70. The van der Waals surface area contributed by atoms with Gasteiger partial charge in [0.25, 0.3) is 0 Å². The molecule has 6 heteroatoms. The van der Waals surface area contributed by atoms with Crippen molar-refractivity contribution in [3.05, 3.63) is 54.5 Å². The highest BCUT2D eigenvalue weighted by Gasteiger charge is 2.18. The second-order valence-electron chi connectivity index (χ2n) is 8.60. The number of benzene rings is 1. The zero-order valence-electron chi connectivity index (χ0n) is 17.9. The van der Waals surface area contributed by atoms with Gasteiger partial charge in [0.1, 0.15) is 11.9 Å². The van der Waals surface area contributed by atoms with Crippen LogP contribution in [0.3, 0.4) is 0 Å². The summed E-state index contributed by atoms with van der Waals surface area (Å²) in [6, 6.07) is 10.2. The lowest BCUT2D eigenvalue weighted by molar-refractivity contribution is -0.703. The highest BCUT2D eigenvalue weighted by molar-refractivity contribution is 5.62. The number of likely N-dealkylation sites (tertiary alicyclic amines) is 1. The fraction of sp³-hybridized carbons (Fsp3) is 0.440. The monoisotopic (exact) mass is 420 g/mol. The van der Waals surface area contributed by atoms with E-state index in [2.05, 4.69) is 16.0 Å². The molecule has 1 fully saturated rings. The van der Waals surface area contributed by atoms with Crippen molar-refractivity contribution in [1.82, 2.24) is 9.88 Å². The SMILES string of the molecule is OC(CN1CCCCC1)C[n+]1ccc(-c2cnc(-c3ccc4c(c3)CCCO4)o2)cc1. The molecule has 31 heavy (non-hydrogen) atoms. The van der Waals surface area contributed by atoms with E-state index in [-0.39, 0.29) is 6.10 Å². The molecule has 2 aliphatic rings. The minimum absolute atomic E-state index is 0.362. The third kappa shape index (κ3) is 4.81. The molecule has 0 saturated carbocycles. The molecule has 2 aromatic heterocycles. The molecule has 162 valence electrons. The van der Waals surface area contributed by atoms with Crippen LogP contribution in [0.25, 0.3) is 22.8 Å². The first kappa shape index (κ1) is 20.2. The first-order chi connectivity index (χ1) is 15.2. The lowest BCUT2D eigenvalue weighted by Crippen LogP contribution is -2.45. The van der Waals surface area contributed by atoms with Crippen LogP contribution in [0, 0.1) is 0 Å². The first-order valence-electron chi connectivity index (χ1n) is 11.4. The van der Waals surface area contributed by atoms with Crippen molar-refractivity contribution in [2.45, 2.75) is 44.8 Å². The number of aliphatic hydroxyl groups is 1. The summed E-state index contributed by atoms with van der Waals surface area (Å²) in [6.07, 6.45) is 11.3. The third-order valence-electron chi connectivity index (χ3n) is 6.18. The van der Waals surface area contributed by atoms with Crippen molar-refractivity contribution in [2.24, 2.45) is 0 Å². The normalized spacial score (nSPS) is 17.7. The molecule has 0 spiro atoms. The zero-order valence-corrected chi connectivity index (χ0v) is 17.9. The van der Waals surface area contributed by atoms with Crippen molar-refractivity contribution in [2.75, 3.05) is 26.2 Å². The van der Waals surface area contributed by atoms with Gasteiger partial charge in [0.15, 0.2) is 24.7 Å². The van der Waals surface area contributed by atoms with Crippen molar-refractivity contribution in [1.29, 1.82) is 0 Å². The summed E-state index contributed by atoms with van der Waals surface area (Å²) in [4.78, 5) is 6.85. The van der Waals surface area contributed by atoms with Crippen molar-refractivity contribution < 1.29 is 18.8 Å². The molecule has 1 aromatic carbocycles. The van der Waals surface area contributed by atoms with Gasteiger partial charge in [0, 0.05) is 29.8 Å². The highest BCUT2D eigenvalue weighted by Crippen LogP contribution is 2.31. The second kappa shape index (κ2) is 9.20. The molecule has 2 aliphatic heterocycles. The summed E-state index contributed by atoms with van der Waals surface area (Å²) in [5.74, 6) is 2.33. The summed E-state index contributed by atoms with van der Waals surface area (Å²) in [6.45, 7) is 4.33. The molecule has 1 atom stereocenters. The average Bonchev–Trinajstić information content (AvgIpc) is 3.30. The number of nitrogens with zero attached hydrogens (tertiary/aromatic N) is 3. The predicted octanol–water partition coefficient (Wildman–Crippen LogP) is 3.47. The Morgan fingerprint density at radius 1 is 1.03 bits per heavy atom. The van der Waals surface area contributed by atoms with E-state index >= 15 is 0 Å². The number of hydrogen-bond acceptors (Lipinski definition) is 5. The number of oxazole rings is 1. The zero-order chi connectivity index (χ0) is 21.0. The van der Waals surface area contributed by atoms with Gasteiger partial charge in [-0.15, -0.1) is 0 Å². The summed E-state index contributed by atoms with van der Waals surface area (Å²) in [5.41, 5.74) is 3.16. The van der Waals surface area contributed by atoms with Gasteiger partial charge in [-0.25, -0.2) is 9.55 Å². The van der Waals surface area contributed by atoms with E-state index in [1.54, 1.807) is 6.20 Å². The van der Waals surface area contributed by atoms with E-state index in [1.807, 2.05) is 41.2 Å². The van der Waals surface area contributed by atoms with E-state index in [0.717, 1.165) is 61.7 Å². The maximum atomic E-state index is 10.5. The molecule has 1 saturated heterocycles. The molecular formula is C25H30N3O3+. The number of β-amino-alcohol motifs (C(OH)–C–C–N with tert-alkyl or cyclic N) is 1. The molecule has 1 unspecified atom stereocenters. The summed E-state index contributed by atoms with van der Waals surface area (Å²) < 4.78 is 13.8. The van der Waals surface area contributed by atoms with Crippen molar-refractivity contribution >= 4 is 0 Å². The van der Waals surface area contributed by atoms with Gasteiger partial charge < -0.3 is 19.2 Å². The molecule has 0 aliphatic carbocycles. The van der Waals surface area contributed by atoms with Crippen LogP contribution in [0.1, 0.15) is 31.2 Å². The predicted molar refractivity (Wildman–Crippen MR) is 118 cm³/mol. The summed E-state index contributed by atoms with van der Waals surface area (Å²) in [7, 11) is 0. The molecule has 0 amide bonds. The quantitative estimate of drug-likeness (QED) is 0.619. The first-order valence-corrected chi connectivity index (χ1v) is 11.4. The van der Waals surface area contributed by atoms with E-state index in [4.69, 9.17) is 9.15 Å². The fourth-order valence-electron chi connectivity index (χ4n) is 4.52. The standard InChI is InChI=1S/C25H30N3O3/c29-22(17-27-10-2-1-3-11-27)18-28-12-8-19(9-13-28)24-16-26-25(31-24)21-6-7-23-20(15-21)5-4-14-30-23/h6-9,12-13,15-16,22,29H,1-5,10-11,14,17-18H2/q+1. The Morgan fingerprint density at radius 2 is 1.87 bits per heavy atom. The van der Waals surface area contributed by atoms with Gasteiger partial charge >= 0.3 is 0 Å². The minimum Gasteiger partial charge on any atom is -0.493 e. The number of ether oxygens (including phenoxy) is 1. The van der Waals surface area contributed by atoms with Gasteiger partial charge in [0.05, 0.1) is 12.8 Å². The molecule has 5 rings (SSSR count). The van der Waals surface area contributed by atoms with Crippen LogP contribution in [-0.4, -0.2) is 47.3 Å². The maximum Gasteiger partial charge on any atom is 0.226 e. The maximum absolute atomic E-state index is 10.5. The lowest BCUT2D eigenvalue weighted by Gasteiger charge is -2.27. The molecule has 0 radical (unpaired) electrons. The number of aromatic nitrogens is 2.